The van der Waals surface area contributed by atoms with Crippen LogP contribution >= 0.6 is 0 Å². The molecule has 0 aliphatic rings. The van der Waals surface area contributed by atoms with E-state index in [0.717, 1.165) is 13.0 Å². The molecule has 0 aliphatic heterocycles. The number of nitrogens with zero attached hydrogens (tertiary/aromatic N) is 2. The molecule has 0 saturated heterocycles. The molecule has 108 valence electrons. The molecule has 0 fully saturated rings. The molecule has 0 saturated carbocycles. The molecule has 1 aromatic carbocycles. The Kier molecular flexibility index (Phi) is 4.24. The zero-order valence-electron chi connectivity index (χ0n) is 11.9. The van der Waals surface area contributed by atoms with Gasteiger partial charge in [0.05, 0.1) is 5.56 Å². The van der Waals surface area contributed by atoms with Crippen molar-refractivity contribution in [3.63, 3.8) is 0 Å². The molecule has 0 radical (unpaired) electrons. The Bertz CT molecular complexity index is 607. The number of oxazole rings is 1. The monoisotopic (exact) mass is 277 g/mol. The van der Waals surface area contributed by atoms with Crippen LogP contribution in [-0.2, 0) is 0 Å². The topological polar surface area (TPSA) is 78.6 Å². The van der Waals surface area contributed by atoms with Crippen molar-refractivity contribution in [2.24, 2.45) is 0 Å². The average molecular weight is 277 g/mol. The summed E-state index contributed by atoms with van der Waals surface area (Å²) in [7, 11) is 4.05. The third kappa shape index (κ3) is 3.48. The van der Waals surface area contributed by atoms with Crippen molar-refractivity contribution in [3.05, 3.63) is 23.8 Å². The summed E-state index contributed by atoms with van der Waals surface area (Å²) in [5, 5.41) is 12.1. The number of carbonyl (C=O) groups is 1. The van der Waals surface area contributed by atoms with Crippen LogP contribution in [0, 0.1) is 0 Å². The van der Waals surface area contributed by atoms with Crippen LogP contribution in [0.15, 0.2) is 22.6 Å². The molecule has 2 aromatic rings. The lowest BCUT2D eigenvalue weighted by Gasteiger charge is -2.15. The summed E-state index contributed by atoms with van der Waals surface area (Å²) >= 11 is 0. The number of carboxylic acids is 1. The van der Waals surface area contributed by atoms with Crippen LogP contribution in [0.2, 0.25) is 0 Å². The van der Waals surface area contributed by atoms with E-state index in [1.807, 2.05) is 14.1 Å². The van der Waals surface area contributed by atoms with Crippen molar-refractivity contribution in [2.45, 2.75) is 19.4 Å². The van der Waals surface area contributed by atoms with Gasteiger partial charge in [0, 0.05) is 6.04 Å². The van der Waals surface area contributed by atoms with Gasteiger partial charge in [-0.05, 0) is 52.2 Å². The first-order valence-electron chi connectivity index (χ1n) is 6.51. The maximum atomic E-state index is 10.9. The predicted octanol–water partition coefficient (Wildman–Crippen LogP) is 2.28. The van der Waals surface area contributed by atoms with E-state index in [0.29, 0.717) is 17.1 Å². The number of hydrogen-bond donors (Lipinski definition) is 2. The Morgan fingerprint density at radius 1 is 1.50 bits per heavy atom. The summed E-state index contributed by atoms with van der Waals surface area (Å²) in [4.78, 5) is 17.3. The van der Waals surface area contributed by atoms with Crippen LogP contribution in [0.4, 0.5) is 6.01 Å². The van der Waals surface area contributed by atoms with E-state index in [1.54, 1.807) is 6.07 Å². The Morgan fingerprint density at radius 3 is 2.90 bits per heavy atom. The highest BCUT2D eigenvalue weighted by molar-refractivity contribution is 5.92. The van der Waals surface area contributed by atoms with E-state index in [2.05, 4.69) is 22.1 Å². The molecule has 6 heteroatoms. The summed E-state index contributed by atoms with van der Waals surface area (Å²) in [5.41, 5.74) is 1.32. The zero-order chi connectivity index (χ0) is 14.7. The first-order chi connectivity index (χ1) is 9.45. The third-order valence-electron chi connectivity index (χ3n) is 3.01. The Labute approximate surface area is 117 Å². The summed E-state index contributed by atoms with van der Waals surface area (Å²) in [6.45, 7) is 3.03. The molecular weight excluding hydrogens is 258 g/mol. The van der Waals surface area contributed by atoms with Crippen molar-refractivity contribution in [2.75, 3.05) is 26.0 Å². The van der Waals surface area contributed by atoms with Crippen molar-refractivity contribution in [1.82, 2.24) is 9.88 Å². The number of aromatic nitrogens is 1. The Hall–Kier alpha value is -2.08. The number of hydrogen-bond acceptors (Lipinski definition) is 5. The molecule has 0 spiro atoms. The first-order valence-corrected chi connectivity index (χ1v) is 6.51. The first kappa shape index (κ1) is 14.3. The number of carboxylic acid groups (broad SMARTS) is 1. The van der Waals surface area contributed by atoms with Gasteiger partial charge in [-0.15, -0.1) is 0 Å². The van der Waals surface area contributed by atoms with E-state index in [4.69, 9.17) is 9.52 Å². The van der Waals surface area contributed by atoms with Crippen molar-refractivity contribution in [3.8, 4) is 0 Å². The number of benzene rings is 1. The molecule has 6 nitrogen and oxygen atoms in total. The van der Waals surface area contributed by atoms with Crippen LogP contribution in [0.25, 0.3) is 11.1 Å². The summed E-state index contributed by atoms with van der Waals surface area (Å²) < 4.78 is 5.54. The van der Waals surface area contributed by atoms with Gasteiger partial charge in [-0.2, -0.15) is 4.98 Å². The highest BCUT2D eigenvalue weighted by Gasteiger charge is 2.11. The van der Waals surface area contributed by atoms with E-state index in [1.165, 1.54) is 12.1 Å². The molecular formula is C14H19N3O3. The van der Waals surface area contributed by atoms with Crippen LogP contribution in [0.5, 0.6) is 0 Å². The van der Waals surface area contributed by atoms with Gasteiger partial charge in [0.1, 0.15) is 5.52 Å². The summed E-state index contributed by atoms with van der Waals surface area (Å²) in [6.07, 6.45) is 0.964. The molecule has 20 heavy (non-hydrogen) atoms. The van der Waals surface area contributed by atoms with Gasteiger partial charge in [-0.3, -0.25) is 0 Å². The van der Waals surface area contributed by atoms with Crippen LogP contribution < -0.4 is 5.32 Å². The van der Waals surface area contributed by atoms with E-state index < -0.39 is 5.97 Å². The molecule has 1 unspecified atom stereocenters. The van der Waals surface area contributed by atoms with Crippen LogP contribution in [0.1, 0.15) is 23.7 Å². The van der Waals surface area contributed by atoms with Gasteiger partial charge in [0.15, 0.2) is 5.58 Å². The van der Waals surface area contributed by atoms with Crippen LogP contribution in [0.3, 0.4) is 0 Å². The van der Waals surface area contributed by atoms with Gasteiger partial charge in [-0.25, -0.2) is 4.79 Å². The number of fused-ring (bicyclic) bond motifs is 1. The van der Waals surface area contributed by atoms with Gasteiger partial charge in [0.25, 0.3) is 6.01 Å². The Morgan fingerprint density at radius 2 is 2.25 bits per heavy atom. The fourth-order valence-electron chi connectivity index (χ4n) is 1.85. The van der Waals surface area contributed by atoms with Gasteiger partial charge in [-0.1, -0.05) is 0 Å². The molecule has 1 aromatic heterocycles. The fraction of sp³-hybridized carbons (Fsp3) is 0.429. The second-order valence-corrected chi connectivity index (χ2v) is 5.14. The molecule has 2 rings (SSSR count). The van der Waals surface area contributed by atoms with Gasteiger partial charge >= 0.3 is 5.97 Å². The predicted molar refractivity (Wildman–Crippen MR) is 77.2 cm³/mol. The average Bonchev–Trinajstić information content (AvgIpc) is 2.77. The van der Waals surface area contributed by atoms with Crippen molar-refractivity contribution in [1.29, 1.82) is 0 Å². The number of nitrogens with one attached hydrogen (secondary N) is 1. The molecule has 0 aliphatic carbocycles. The number of rotatable bonds is 6. The van der Waals surface area contributed by atoms with Crippen LogP contribution in [-0.4, -0.2) is 47.6 Å². The SMILES string of the molecule is CC(CCN(C)C)Nc1nc2ccc(C(=O)O)cc2o1. The lowest BCUT2D eigenvalue weighted by atomic mass is 10.2. The normalized spacial score (nSPS) is 12.8. The van der Waals surface area contributed by atoms with Crippen molar-refractivity contribution < 1.29 is 14.3 Å². The largest absolute Gasteiger partial charge is 0.478 e. The molecule has 0 bridgehead atoms. The quantitative estimate of drug-likeness (QED) is 0.843. The maximum Gasteiger partial charge on any atom is 0.335 e. The zero-order valence-corrected chi connectivity index (χ0v) is 11.9. The van der Waals surface area contributed by atoms with Gasteiger partial charge in [0.2, 0.25) is 0 Å². The smallest absolute Gasteiger partial charge is 0.335 e. The van der Waals surface area contributed by atoms with E-state index in [9.17, 15) is 4.79 Å². The highest BCUT2D eigenvalue weighted by Crippen LogP contribution is 2.21. The maximum absolute atomic E-state index is 10.9. The molecule has 1 heterocycles. The third-order valence-corrected chi connectivity index (χ3v) is 3.01. The molecule has 2 N–H and O–H groups in total. The second kappa shape index (κ2) is 5.92. The van der Waals surface area contributed by atoms with E-state index >= 15 is 0 Å². The van der Waals surface area contributed by atoms with Crippen molar-refractivity contribution >= 4 is 23.1 Å². The molecule has 1 atom stereocenters. The second-order valence-electron chi connectivity index (χ2n) is 5.14. The summed E-state index contributed by atoms with van der Waals surface area (Å²) in [5.74, 6) is -0.975. The van der Waals surface area contributed by atoms with Gasteiger partial charge < -0.3 is 19.7 Å². The minimum absolute atomic E-state index is 0.195. The highest BCUT2D eigenvalue weighted by atomic mass is 16.4. The lowest BCUT2D eigenvalue weighted by molar-refractivity contribution is 0.0697. The molecule has 0 amide bonds. The summed E-state index contributed by atoms with van der Waals surface area (Å²) in [6, 6.07) is 5.31. The lowest BCUT2D eigenvalue weighted by Crippen LogP contribution is -2.23. The fourth-order valence-corrected chi connectivity index (χ4v) is 1.85. The minimum atomic E-state index is -0.975. The number of aromatic carboxylic acids is 1. The minimum Gasteiger partial charge on any atom is -0.478 e. The number of anilines is 1. The van der Waals surface area contributed by atoms with E-state index in [-0.39, 0.29) is 11.6 Å². The standard InChI is InChI=1S/C14H19N3O3/c1-9(6-7-17(2)3)15-14-16-11-5-4-10(13(18)19)8-12(11)20-14/h4-5,8-9H,6-7H2,1-3H3,(H,15,16)(H,18,19). The Balaban J connectivity index is 2.09.